The van der Waals surface area contributed by atoms with Crippen molar-refractivity contribution in [2.75, 3.05) is 0 Å². The second-order valence-electron chi connectivity index (χ2n) is 6.47. The van der Waals surface area contributed by atoms with Crippen molar-refractivity contribution in [2.24, 2.45) is 0 Å². The van der Waals surface area contributed by atoms with Gasteiger partial charge < -0.3 is 10.3 Å². The van der Waals surface area contributed by atoms with E-state index in [-0.39, 0.29) is 11.9 Å². The number of H-pyrrole nitrogens is 1. The van der Waals surface area contributed by atoms with E-state index in [1.54, 1.807) is 0 Å². The fraction of sp³-hybridized carbons (Fsp3) is 0.412. The van der Waals surface area contributed by atoms with Crippen LogP contribution in [-0.2, 0) is 13.0 Å². The number of aromatic nitrogens is 5. The van der Waals surface area contributed by atoms with E-state index in [4.69, 9.17) is 0 Å². The highest BCUT2D eigenvalue weighted by atomic mass is 16.1. The monoisotopic (exact) mass is 324 g/mol. The number of hydrogen-bond acceptors (Lipinski definition) is 4. The quantitative estimate of drug-likeness (QED) is 0.753. The van der Waals surface area contributed by atoms with E-state index in [9.17, 15) is 4.79 Å². The molecule has 0 radical (unpaired) electrons. The van der Waals surface area contributed by atoms with Crippen LogP contribution < -0.4 is 5.32 Å². The topological polar surface area (TPSA) is 88.5 Å². The summed E-state index contributed by atoms with van der Waals surface area (Å²) in [6.45, 7) is 4.90. The lowest BCUT2D eigenvalue weighted by atomic mass is 10.1. The zero-order valence-corrected chi connectivity index (χ0v) is 13.8. The largest absolute Gasteiger partial charge is 0.351 e. The zero-order chi connectivity index (χ0) is 16.7. The first-order chi connectivity index (χ1) is 11.6. The molecular weight excluding hydrogens is 304 g/mol. The molecule has 7 nitrogen and oxygen atoms in total. The summed E-state index contributed by atoms with van der Waals surface area (Å²) in [4.78, 5) is 15.8. The number of carbonyl (C=O) groups excluding carboxylic acids is 1. The molecule has 24 heavy (non-hydrogen) atoms. The number of aromatic amines is 1. The molecule has 1 aliphatic heterocycles. The van der Waals surface area contributed by atoms with Crippen molar-refractivity contribution in [1.82, 2.24) is 30.5 Å². The van der Waals surface area contributed by atoms with Crippen molar-refractivity contribution >= 4 is 16.8 Å². The molecular formula is C17H20N6O. The Hall–Kier alpha value is -2.70. The lowest BCUT2D eigenvalue weighted by molar-refractivity contribution is 0.0928. The summed E-state index contributed by atoms with van der Waals surface area (Å²) in [5.41, 5.74) is 4.05. The molecule has 4 rings (SSSR count). The van der Waals surface area contributed by atoms with E-state index >= 15 is 0 Å². The van der Waals surface area contributed by atoms with Crippen molar-refractivity contribution < 1.29 is 4.79 Å². The van der Waals surface area contributed by atoms with Gasteiger partial charge in [0, 0.05) is 29.9 Å². The number of fused-ring (bicyclic) bond motifs is 2. The van der Waals surface area contributed by atoms with Crippen LogP contribution in [0.5, 0.6) is 0 Å². The number of tetrazole rings is 1. The van der Waals surface area contributed by atoms with Gasteiger partial charge in [-0.1, -0.05) is 6.07 Å². The van der Waals surface area contributed by atoms with E-state index in [2.05, 4.69) is 45.7 Å². The first-order valence-corrected chi connectivity index (χ1v) is 8.26. The molecule has 2 aromatic heterocycles. The predicted octanol–water partition coefficient (Wildman–Crippen LogP) is 1.91. The maximum atomic E-state index is 12.6. The highest BCUT2D eigenvalue weighted by Gasteiger charge is 2.21. The maximum Gasteiger partial charge on any atom is 0.267 e. The molecule has 1 aromatic carbocycles. The van der Waals surface area contributed by atoms with E-state index in [1.807, 2.05) is 16.8 Å². The number of amides is 1. The molecule has 7 heteroatoms. The number of hydrogen-bond donors (Lipinski definition) is 2. The van der Waals surface area contributed by atoms with Crippen molar-refractivity contribution in [3.63, 3.8) is 0 Å². The summed E-state index contributed by atoms with van der Waals surface area (Å²) < 4.78 is 1.82. The Morgan fingerprint density at radius 1 is 1.33 bits per heavy atom. The van der Waals surface area contributed by atoms with Crippen LogP contribution in [0.2, 0.25) is 0 Å². The fourth-order valence-electron chi connectivity index (χ4n) is 3.29. The van der Waals surface area contributed by atoms with Crippen LogP contribution in [-0.4, -0.2) is 37.1 Å². The molecule has 3 heterocycles. The molecule has 1 aliphatic rings. The second-order valence-corrected chi connectivity index (χ2v) is 6.47. The summed E-state index contributed by atoms with van der Waals surface area (Å²) in [7, 11) is 0. The summed E-state index contributed by atoms with van der Waals surface area (Å²) in [6.07, 6.45) is 2.47. The lowest BCUT2D eigenvalue weighted by Gasteiger charge is -2.15. The van der Waals surface area contributed by atoms with Crippen molar-refractivity contribution in [3.05, 3.63) is 40.8 Å². The van der Waals surface area contributed by atoms with Crippen LogP contribution in [0.3, 0.4) is 0 Å². The molecule has 1 atom stereocenters. The highest BCUT2D eigenvalue weighted by Crippen LogP contribution is 2.22. The third kappa shape index (κ3) is 2.55. The van der Waals surface area contributed by atoms with Crippen LogP contribution in [0, 0.1) is 13.8 Å². The van der Waals surface area contributed by atoms with Gasteiger partial charge in [0.15, 0.2) is 5.82 Å². The number of aryl methyl sites for hydroxylation is 4. The molecule has 3 aromatic rings. The third-order valence-corrected chi connectivity index (χ3v) is 4.94. The fourth-order valence-corrected chi connectivity index (χ4v) is 3.29. The van der Waals surface area contributed by atoms with E-state index in [1.165, 1.54) is 11.1 Å². The summed E-state index contributed by atoms with van der Waals surface area (Å²) >= 11 is 0. The standard InChI is InChI=1S/C17H20N6O/c1-10-3-5-14-13(11(10)2)9-15(19-14)17(24)18-12-4-6-16-20-21-22-23(16)8-7-12/h3,5,9,12,19H,4,6-8H2,1-2H3,(H,18,24). The van der Waals surface area contributed by atoms with E-state index in [0.29, 0.717) is 5.69 Å². The van der Waals surface area contributed by atoms with Gasteiger partial charge in [-0.15, -0.1) is 5.10 Å². The molecule has 2 N–H and O–H groups in total. The molecule has 0 aliphatic carbocycles. The molecule has 0 saturated heterocycles. The Kier molecular flexibility index (Phi) is 3.55. The molecule has 1 amide bonds. The summed E-state index contributed by atoms with van der Waals surface area (Å²) in [5.74, 6) is 0.835. The van der Waals surface area contributed by atoms with Gasteiger partial charge >= 0.3 is 0 Å². The van der Waals surface area contributed by atoms with Crippen LogP contribution in [0.25, 0.3) is 10.9 Å². The van der Waals surface area contributed by atoms with Crippen LogP contribution in [0.4, 0.5) is 0 Å². The van der Waals surface area contributed by atoms with Gasteiger partial charge in [0.2, 0.25) is 0 Å². The summed E-state index contributed by atoms with van der Waals surface area (Å²) in [5, 5.41) is 15.9. The summed E-state index contributed by atoms with van der Waals surface area (Å²) in [6, 6.07) is 6.16. The normalized spacial score (nSPS) is 17.5. The van der Waals surface area contributed by atoms with Crippen LogP contribution in [0.15, 0.2) is 18.2 Å². The third-order valence-electron chi connectivity index (χ3n) is 4.94. The molecule has 0 fully saturated rings. The average molecular weight is 324 g/mol. The Morgan fingerprint density at radius 2 is 2.21 bits per heavy atom. The Balaban J connectivity index is 1.50. The second kappa shape index (κ2) is 5.74. The highest BCUT2D eigenvalue weighted by molar-refractivity contribution is 5.99. The number of rotatable bonds is 2. The number of nitrogens with one attached hydrogen (secondary N) is 2. The van der Waals surface area contributed by atoms with Gasteiger partial charge in [0.25, 0.3) is 5.91 Å². The number of benzene rings is 1. The molecule has 0 saturated carbocycles. The first-order valence-electron chi connectivity index (χ1n) is 8.26. The SMILES string of the molecule is Cc1ccc2[nH]c(C(=O)NC3CCc4nnnn4CC3)cc2c1C. The Morgan fingerprint density at radius 3 is 3.08 bits per heavy atom. The van der Waals surface area contributed by atoms with Gasteiger partial charge in [-0.3, -0.25) is 4.79 Å². The van der Waals surface area contributed by atoms with Gasteiger partial charge in [-0.25, -0.2) is 4.68 Å². The minimum absolute atomic E-state index is 0.0566. The van der Waals surface area contributed by atoms with E-state index in [0.717, 1.165) is 42.5 Å². The molecule has 1 unspecified atom stereocenters. The van der Waals surface area contributed by atoms with Gasteiger partial charge in [-0.05, 0) is 60.4 Å². The zero-order valence-electron chi connectivity index (χ0n) is 13.8. The lowest BCUT2D eigenvalue weighted by Crippen LogP contribution is -2.35. The smallest absolute Gasteiger partial charge is 0.267 e. The Labute approximate surface area is 139 Å². The predicted molar refractivity (Wildman–Crippen MR) is 89.8 cm³/mol. The molecule has 0 spiro atoms. The maximum absolute atomic E-state index is 12.6. The molecule has 0 bridgehead atoms. The van der Waals surface area contributed by atoms with Crippen molar-refractivity contribution in [1.29, 1.82) is 0 Å². The number of nitrogens with zero attached hydrogens (tertiary/aromatic N) is 4. The van der Waals surface area contributed by atoms with Crippen LogP contribution in [0.1, 0.15) is 40.3 Å². The van der Waals surface area contributed by atoms with Gasteiger partial charge in [0.05, 0.1) is 0 Å². The van der Waals surface area contributed by atoms with E-state index < -0.39 is 0 Å². The number of carbonyl (C=O) groups is 1. The minimum atomic E-state index is -0.0566. The van der Waals surface area contributed by atoms with Crippen molar-refractivity contribution in [2.45, 2.75) is 45.7 Å². The first kappa shape index (κ1) is 14.9. The van der Waals surface area contributed by atoms with Crippen LogP contribution >= 0.6 is 0 Å². The van der Waals surface area contributed by atoms with Crippen molar-refractivity contribution in [3.8, 4) is 0 Å². The minimum Gasteiger partial charge on any atom is -0.351 e. The van der Waals surface area contributed by atoms with Gasteiger partial charge in [-0.2, -0.15) is 0 Å². The molecule has 124 valence electrons. The average Bonchev–Trinajstić information content (AvgIpc) is 3.17. The Bertz CT molecular complexity index is 887. The van der Waals surface area contributed by atoms with Gasteiger partial charge in [0.1, 0.15) is 5.69 Å².